The van der Waals surface area contributed by atoms with E-state index in [0.717, 1.165) is 4.90 Å². The molecule has 0 saturated heterocycles. The summed E-state index contributed by atoms with van der Waals surface area (Å²) in [6.45, 7) is 1.68. The van der Waals surface area contributed by atoms with Gasteiger partial charge in [-0.3, -0.25) is 19.3 Å². The first-order chi connectivity index (χ1) is 11.9. The fourth-order valence-corrected chi connectivity index (χ4v) is 3.15. The van der Waals surface area contributed by atoms with Crippen LogP contribution in [0.25, 0.3) is 0 Å². The van der Waals surface area contributed by atoms with Gasteiger partial charge in [-0.1, -0.05) is 41.4 Å². The van der Waals surface area contributed by atoms with Crippen molar-refractivity contribution in [2.24, 2.45) is 0 Å². The van der Waals surface area contributed by atoms with E-state index in [1.807, 2.05) is 0 Å². The molecule has 2 aromatic rings. The Hall–Kier alpha value is -2.37. The molecule has 3 amide bonds. The van der Waals surface area contributed by atoms with Crippen LogP contribution in [0.5, 0.6) is 0 Å². The Morgan fingerprint density at radius 2 is 1.68 bits per heavy atom. The molecule has 1 heterocycles. The number of nitrogens with one attached hydrogen (secondary N) is 1. The summed E-state index contributed by atoms with van der Waals surface area (Å²) in [5.74, 6) is -1.37. The van der Waals surface area contributed by atoms with Gasteiger partial charge < -0.3 is 5.32 Å². The van der Waals surface area contributed by atoms with Gasteiger partial charge in [0.15, 0.2) is 0 Å². The van der Waals surface area contributed by atoms with Crippen LogP contribution >= 0.6 is 23.2 Å². The molecular formula is C18H14Cl2N2O3. The first kappa shape index (κ1) is 17.5. The number of nitrogens with zero attached hydrogens (tertiary/aromatic N) is 1. The molecule has 5 nitrogen and oxygen atoms in total. The van der Waals surface area contributed by atoms with Crippen LogP contribution in [-0.2, 0) is 11.3 Å². The molecule has 0 aliphatic carbocycles. The topological polar surface area (TPSA) is 66.5 Å². The largest absolute Gasteiger partial charge is 0.350 e. The molecule has 3 rings (SSSR count). The van der Waals surface area contributed by atoms with E-state index in [0.29, 0.717) is 26.7 Å². The minimum Gasteiger partial charge on any atom is -0.350 e. The van der Waals surface area contributed by atoms with Crippen molar-refractivity contribution in [3.05, 3.63) is 69.2 Å². The van der Waals surface area contributed by atoms with Crippen LogP contribution in [0.2, 0.25) is 10.0 Å². The van der Waals surface area contributed by atoms with Crippen LogP contribution in [0.15, 0.2) is 42.5 Å². The molecule has 0 spiro atoms. The first-order valence-electron chi connectivity index (χ1n) is 7.58. The molecule has 1 N–H and O–H groups in total. The number of rotatable bonds is 4. The number of carbonyl (C=O) groups is 3. The average molecular weight is 377 g/mol. The summed E-state index contributed by atoms with van der Waals surface area (Å²) in [4.78, 5) is 38.2. The zero-order valence-corrected chi connectivity index (χ0v) is 14.8. The zero-order valence-electron chi connectivity index (χ0n) is 13.3. The minimum atomic E-state index is -0.932. The monoisotopic (exact) mass is 376 g/mol. The highest BCUT2D eigenvalue weighted by Crippen LogP contribution is 2.25. The number of imide groups is 1. The molecular weight excluding hydrogens is 363 g/mol. The van der Waals surface area contributed by atoms with Gasteiger partial charge in [0.2, 0.25) is 5.91 Å². The molecule has 1 atom stereocenters. The standard InChI is InChI=1S/C18H14Cl2N2O3/c1-10(16(23)21-9-11-6-7-12(19)8-15(11)20)22-17(24)13-4-2-3-5-14(13)18(22)25/h2-8,10H,9H2,1H3,(H,21,23). The van der Waals surface area contributed by atoms with Gasteiger partial charge in [0.05, 0.1) is 11.1 Å². The van der Waals surface area contributed by atoms with Crippen molar-refractivity contribution in [2.75, 3.05) is 0 Å². The molecule has 0 aromatic heterocycles. The van der Waals surface area contributed by atoms with E-state index in [4.69, 9.17) is 23.2 Å². The number of hydrogen-bond acceptors (Lipinski definition) is 3. The molecule has 1 aliphatic heterocycles. The highest BCUT2D eigenvalue weighted by atomic mass is 35.5. The van der Waals surface area contributed by atoms with Crippen molar-refractivity contribution in [3.63, 3.8) is 0 Å². The molecule has 1 unspecified atom stereocenters. The van der Waals surface area contributed by atoms with Gasteiger partial charge in [-0.05, 0) is 36.8 Å². The maximum Gasteiger partial charge on any atom is 0.262 e. The second-order valence-electron chi connectivity index (χ2n) is 5.66. The second kappa shape index (κ2) is 6.86. The van der Waals surface area contributed by atoms with E-state index < -0.39 is 23.8 Å². The molecule has 25 heavy (non-hydrogen) atoms. The molecule has 0 bridgehead atoms. The molecule has 0 fully saturated rings. The van der Waals surface area contributed by atoms with E-state index in [1.54, 1.807) is 42.5 Å². The van der Waals surface area contributed by atoms with Crippen LogP contribution in [0, 0.1) is 0 Å². The maximum absolute atomic E-state index is 12.4. The smallest absolute Gasteiger partial charge is 0.262 e. The highest BCUT2D eigenvalue weighted by molar-refractivity contribution is 6.35. The SMILES string of the molecule is CC(C(=O)NCc1ccc(Cl)cc1Cl)N1C(=O)c2ccccc2C1=O. The molecule has 128 valence electrons. The number of benzene rings is 2. The van der Waals surface area contributed by atoms with Gasteiger partial charge in [-0.15, -0.1) is 0 Å². The quantitative estimate of drug-likeness (QED) is 0.832. The fourth-order valence-electron chi connectivity index (χ4n) is 2.67. The summed E-state index contributed by atoms with van der Waals surface area (Å²) in [6, 6.07) is 10.5. The molecule has 0 radical (unpaired) electrons. The van der Waals surface area contributed by atoms with Crippen LogP contribution < -0.4 is 5.32 Å². The Labute approximate surface area is 154 Å². The van der Waals surface area contributed by atoms with Crippen molar-refractivity contribution < 1.29 is 14.4 Å². The predicted octanol–water partition coefficient (Wildman–Crippen LogP) is 3.29. The van der Waals surface area contributed by atoms with Crippen molar-refractivity contribution >= 4 is 40.9 Å². The number of amides is 3. The Morgan fingerprint density at radius 3 is 2.24 bits per heavy atom. The third kappa shape index (κ3) is 3.25. The number of fused-ring (bicyclic) bond motifs is 1. The summed E-state index contributed by atoms with van der Waals surface area (Å²) in [5, 5.41) is 3.62. The Bertz CT molecular complexity index is 847. The second-order valence-corrected chi connectivity index (χ2v) is 6.50. The van der Waals surface area contributed by atoms with Crippen LogP contribution in [-0.4, -0.2) is 28.7 Å². The van der Waals surface area contributed by atoms with E-state index >= 15 is 0 Å². The van der Waals surface area contributed by atoms with Crippen molar-refractivity contribution in [3.8, 4) is 0 Å². The highest BCUT2D eigenvalue weighted by Gasteiger charge is 2.40. The third-order valence-electron chi connectivity index (χ3n) is 4.06. The van der Waals surface area contributed by atoms with Gasteiger partial charge >= 0.3 is 0 Å². The van der Waals surface area contributed by atoms with E-state index in [1.165, 1.54) is 6.92 Å². The van der Waals surface area contributed by atoms with Crippen molar-refractivity contribution in [1.82, 2.24) is 10.2 Å². The van der Waals surface area contributed by atoms with E-state index in [-0.39, 0.29) is 6.54 Å². The lowest BCUT2D eigenvalue weighted by Gasteiger charge is -2.21. The summed E-state index contributed by atoms with van der Waals surface area (Å²) >= 11 is 11.9. The number of halogens is 2. The molecule has 1 aliphatic rings. The van der Waals surface area contributed by atoms with Gasteiger partial charge in [0.1, 0.15) is 6.04 Å². The summed E-state index contributed by atoms with van der Waals surface area (Å²) in [6.07, 6.45) is 0. The lowest BCUT2D eigenvalue weighted by Crippen LogP contribution is -2.47. The summed E-state index contributed by atoms with van der Waals surface area (Å²) < 4.78 is 0. The van der Waals surface area contributed by atoms with E-state index in [9.17, 15) is 14.4 Å². The predicted molar refractivity (Wildman–Crippen MR) is 94.7 cm³/mol. The van der Waals surface area contributed by atoms with Crippen molar-refractivity contribution in [1.29, 1.82) is 0 Å². The molecule has 0 saturated carbocycles. The normalized spacial score (nSPS) is 14.4. The van der Waals surface area contributed by atoms with Crippen molar-refractivity contribution in [2.45, 2.75) is 19.5 Å². The number of hydrogen-bond donors (Lipinski definition) is 1. The van der Waals surface area contributed by atoms with Gasteiger partial charge in [-0.25, -0.2) is 0 Å². The van der Waals surface area contributed by atoms with E-state index in [2.05, 4.69) is 5.32 Å². The minimum absolute atomic E-state index is 0.169. The van der Waals surface area contributed by atoms with Crippen LogP contribution in [0.4, 0.5) is 0 Å². The summed E-state index contributed by atoms with van der Waals surface area (Å²) in [7, 11) is 0. The molecule has 7 heteroatoms. The van der Waals surface area contributed by atoms with Gasteiger partial charge in [0, 0.05) is 16.6 Å². The Morgan fingerprint density at radius 1 is 1.08 bits per heavy atom. The lowest BCUT2D eigenvalue weighted by molar-refractivity contribution is -0.124. The molecule has 2 aromatic carbocycles. The van der Waals surface area contributed by atoms with Crippen LogP contribution in [0.1, 0.15) is 33.2 Å². The Kier molecular flexibility index (Phi) is 4.79. The number of carbonyl (C=O) groups excluding carboxylic acids is 3. The average Bonchev–Trinajstić information content (AvgIpc) is 2.85. The van der Waals surface area contributed by atoms with Gasteiger partial charge in [0.25, 0.3) is 11.8 Å². The lowest BCUT2D eigenvalue weighted by atomic mass is 10.1. The maximum atomic E-state index is 12.4. The van der Waals surface area contributed by atoms with Crippen LogP contribution in [0.3, 0.4) is 0 Å². The third-order valence-corrected chi connectivity index (χ3v) is 4.65. The summed E-state index contributed by atoms with van der Waals surface area (Å²) in [5.41, 5.74) is 1.31. The Balaban J connectivity index is 1.71. The zero-order chi connectivity index (χ0) is 18.1. The first-order valence-corrected chi connectivity index (χ1v) is 8.34. The van der Waals surface area contributed by atoms with Gasteiger partial charge in [-0.2, -0.15) is 0 Å². The fraction of sp³-hybridized carbons (Fsp3) is 0.167.